The van der Waals surface area contributed by atoms with E-state index in [1.54, 1.807) is 41.5 Å². The van der Waals surface area contributed by atoms with Crippen LogP contribution in [0, 0.1) is 22.6 Å². The number of fused-ring (bicyclic) bond motifs is 1. The molecule has 5 rings (SSSR count). The molecule has 43 heavy (non-hydrogen) atoms. The van der Waals surface area contributed by atoms with Crippen LogP contribution in [0.3, 0.4) is 0 Å². The molecule has 0 radical (unpaired) electrons. The number of carbonyl (C=O) groups excluding carboxylic acids is 2. The minimum Gasteiger partial charge on any atom is -0.460 e. The van der Waals surface area contributed by atoms with Crippen LogP contribution in [0.15, 0.2) is 33.8 Å². The lowest BCUT2D eigenvalue weighted by Gasteiger charge is -2.50. The molecule has 1 spiro atoms. The minimum absolute atomic E-state index is 0.0265. The summed E-state index contributed by atoms with van der Waals surface area (Å²) in [5.74, 6) is -1.65. The second-order valence-corrected chi connectivity index (χ2v) is 16.8. The highest BCUT2D eigenvalue weighted by Crippen LogP contribution is 2.59. The zero-order valence-electron chi connectivity index (χ0n) is 25.2. The van der Waals surface area contributed by atoms with E-state index in [1.807, 2.05) is 6.07 Å². The number of carbonyl (C=O) groups is 2. The van der Waals surface area contributed by atoms with Crippen LogP contribution in [0.2, 0.25) is 5.02 Å². The van der Waals surface area contributed by atoms with Gasteiger partial charge in [0, 0.05) is 17.6 Å². The summed E-state index contributed by atoms with van der Waals surface area (Å²) in [7, 11) is -3.08. The largest absolute Gasteiger partial charge is 0.460 e. The molecular weight excluding hydrogens is 593 g/mol. The molecule has 0 unspecified atom stereocenters. The second-order valence-electron chi connectivity index (χ2n) is 13.4. The zero-order valence-corrected chi connectivity index (χ0v) is 26.7. The number of hydrogen-bond acceptors (Lipinski definition) is 9. The van der Waals surface area contributed by atoms with Gasteiger partial charge in [-0.25, -0.2) is 13.0 Å². The van der Waals surface area contributed by atoms with Gasteiger partial charge in [0.2, 0.25) is 0 Å². The number of hydrogen-bond donors (Lipinski definition) is 0. The number of Topliss-reactive ketones (excluding diaryl/α,β-unsaturated/α-hetero) is 1. The third-order valence-electron chi connectivity index (χ3n) is 8.66. The van der Waals surface area contributed by atoms with Crippen molar-refractivity contribution in [3.05, 3.63) is 57.9 Å². The van der Waals surface area contributed by atoms with Crippen molar-refractivity contribution in [3.63, 3.8) is 0 Å². The van der Waals surface area contributed by atoms with E-state index in [2.05, 4.69) is 9.97 Å². The predicted molar refractivity (Wildman–Crippen MR) is 161 cm³/mol. The molecular formula is C31H35ClFN5O4S. The molecule has 0 N–H and O–H groups in total. The highest BCUT2D eigenvalue weighted by Gasteiger charge is 2.62. The number of aliphatic imine (C=N–C) groups is 1. The summed E-state index contributed by atoms with van der Waals surface area (Å²) in [5.41, 5.74) is -1.57. The van der Waals surface area contributed by atoms with Crippen LogP contribution in [0.5, 0.6) is 0 Å². The van der Waals surface area contributed by atoms with Gasteiger partial charge in [-0.15, -0.1) is 0 Å². The number of ketones is 1. The van der Waals surface area contributed by atoms with Crippen LogP contribution in [0.1, 0.15) is 94.7 Å². The van der Waals surface area contributed by atoms with E-state index in [4.69, 9.17) is 31.0 Å². The Morgan fingerprint density at radius 2 is 1.91 bits per heavy atom. The van der Waals surface area contributed by atoms with Gasteiger partial charge in [0.1, 0.15) is 34.4 Å². The summed E-state index contributed by atoms with van der Waals surface area (Å²) in [6.45, 7) is 11.0. The van der Waals surface area contributed by atoms with Crippen molar-refractivity contribution < 1.29 is 22.9 Å². The van der Waals surface area contributed by atoms with E-state index in [-0.39, 0.29) is 45.9 Å². The van der Waals surface area contributed by atoms with Crippen LogP contribution in [0.4, 0.5) is 4.39 Å². The molecule has 2 aromatic rings. The topological polar surface area (TPSA) is 135 Å². The molecule has 228 valence electrons. The molecule has 1 fully saturated rings. The standard InChI is InChI=1S/C31H35ClFN5O4S/c1-28(2,3)42-25(40)13-23-29(4,5)43(41)24(14-31(9-10-31)17-36-43)30(6,38-23)27-21(33)8-7-19(37-27)12-22(39)26-20(32)11-18(15-34)16-35-26/h7-8,11,16,24H,9-10,12-14,17H2,1-6H3/t24-,30+,43-/m1/s1. The Morgan fingerprint density at radius 1 is 1.21 bits per heavy atom. The van der Waals surface area contributed by atoms with Gasteiger partial charge in [0.25, 0.3) is 0 Å². The Hall–Kier alpha value is -3.23. The summed E-state index contributed by atoms with van der Waals surface area (Å²) >= 11 is 6.21. The van der Waals surface area contributed by atoms with Gasteiger partial charge in [-0.2, -0.15) is 5.26 Å². The number of nitriles is 1. The van der Waals surface area contributed by atoms with E-state index in [1.165, 1.54) is 24.4 Å². The zero-order chi connectivity index (χ0) is 31.6. The normalized spacial score (nSPS) is 26.9. The van der Waals surface area contributed by atoms with Crippen molar-refractivity contribution in [2.75, 3.05) is 6.54 Å². The van der Waals surface area contributed by atoms with Gasteiger partial charge in [-0.3, -0.25) is 24.5 Å². The molecule has 2 aromatic heterocycles. The number of nitrogens with zero attached hydrogens (tertiary/aromatic N) is 5. The molecule has 4 heterocycles. The molecule has 3 aliphatic rings. The van der Waals surface area contributed by atoms with Crippen LogP contribution < -0.4 is 0 Å². The van der Waals surface area contributed by atoms with Gasteiger partial charge in [0.15, 0.2) is 5.78 Å². The molecule has 0 aromatic carbocycles. The van der Waals surface area contributed by atoms with Gasteiger partial charge >= 0.3 is 5.97 Å². The smallest absolute Gasteiger partial charge is 0.312 e. The first kappa shape index (κ1) is 31.2. The van der Waals surface area contributed by atoms with E-state index in [9.17, 15) is 9.59 Å². The first-order valence-corrected chi connectivity index (χ1v) is 16.2. The molecule has 1 saturated carbocycles. The number of esters is 1. The minimum atomic E-state index is -3.08. The highest BCUT2D eigenvalue weighted by atomic mass is 35.5. The number of rotatable bonds is 6. The molecule has 2 aliphatic heterocycles. The predicted octanol–water partition coefficient (Wildman–Crippen LogP) is 5.77. The lowest BCUT2D eigenvalue weighted by atomic mass is 9.84. The Kier molecular flexibility index (Phi) is 7.58. The summed E-state index contributed by atoms with van der Waals surface area (Å²) in [5, 5.41) is 8.43. The number of halogens is 2. The number of ether oxygens (including phenoxy) is 1. The molecule has 9 nitrogen and oxygen atoms in total. The molecule has 1 aliphatic carbocycles. The molecule has 0 bridgehead atoms. The van der Waals surface area contributed by atoms with Crippen LogP contribution in [0.25, 0.3) is 0 Å². The third-order valence-corrected chi connectivity index (χ3v) is 12.6. The second kappa shape index (κ2) is 10.4. The number of pyridine rings is 2. The van der Waals surface area contributed by atoms with E-state index in [0.717, 1.165) is 12.8 Å². The molecule has 3 atom stereocenters. The fourth-order valence-corrected chi connectivity index (χ4v) is 9.75. The lowest BCUT2D eigenvalue weighted by Crippen LogP contribution is -2.60. The van der Waals surface area contributed by atoms with Crippen molar-refractivity contribution in [1.29, 1.82) is 5.26 Å². The number of aromatic nitrogens is 2. The van der Waals surface area contributed by atoms with E-state index in [0.29, 0.717) is 18.7 Å². The third kappa shape index (κ3) is 5.60. The summed E-state index contributed by atoms with van der Waals surface area (Å²) in [4.78, 5) is 39.8. The molecule has 0 amide bonds. The Morgan fingerprint density at radius 3 is 2.51 bits per heavy atom. The molecule has 0 saturated heterocycles. The van der Waals surface area contributed by atoms with Gasteiger partial charge in [0.05, 0.1) is 49.7 Å². The van der Waals surface area contributed by atoms with Gasteiger partial charge in [-0.05, 0) is 84.4 Å². The SMILES string of the molecule is CC(C)(C)OC(=O)CC1=N[C@](C)(c2nc(CC(=O)c3ncc(C#N)cc3Cl)ccc2F)[C@H]2CC3(CC3)CN=[S@]2(=O)C1(C)C. The van der Waals surface area contributed by atoms with Crippen molar-refractivity contribution in [2.24, 2.45) is 14.8 Å². The van der Waals surface area contributed by atoms with E-state index >= 15 is 8.60 Å². The van der Waals surface area contributed by atoms with Crippen LogP contribution in [-0.4, -0.2) is 53.8 Å². The van der Waals surface area contributed by atoms with E-state index < -0.39 is 48.4 Å². The average molecular weight is 628 g/mol. The van der Waals surface area contributed by atoms with Crippen LogP contribution in [-0.2, 0) is 31.2 Å². The first-order valence-electron chi connectivity index (χ1n) is 14.2. The fraction of sp³-hybridized carbons (Fsp3) is 0.548. The summed E-state index contributed by atoms with van der Waals surface area (Å²) in [6.07, 6.45) is 3.20. The van der Waals surface area contributed by atoms with Crippen molar-refractivity contribution in [3.8, 4) is 6.07 Å². The Bertz CT molecular complexity index is 1730. The van der Waals surface area contributed by atoms with Crippen LogP contribution >= 0.6 is 11.6 Å². The Balaban J connectivity index is 1.60. The summed E-state index contributed by atoms with van der Waals surface area (Å²) in [6, 6.07) is 5.90. The van der Waals surface area contributed by atoms with Crippen molar-refractivity contribution in [1.82, 2.24) is 9.97 Å². The fourth-order valence-electron chi connectivity index (χ4n) is 5.98. The van der Waals surface area contributed by atoms with Gasteiger partial charge in [-0.1, -0.05) is 11.6 Å². The highest BCUT2D eigenvalue weighted by molar-refractivity contribution is 7.96. The quantitative estimate of drug-likeness (QED) is 0.293. The maximum atomic E-state index is 15.8. The van der Waals surface area contributed by atoms with Crippen molar-refractivity contribution >= 4 is 38.8 Å². The summed E-state index contributed by atoms with van der Waals surface area (Å²) < 4.78 is 40.1. The Labute approximate surface area is 256 Å². The lowest BCUT2D eigenvalue weighted by molar-refractivity contribution is -0.153. The maximum absolute atomic E-state index is 15.8. The molecule has 12 heteroatoms. The van der Waals surface area contributed by atoms with Crippen molar-refractivity contribution in [2.45, 2.75) is 94.8 Å². The average Bonchev–Trinajstić information content (AvgIpc) is 3.67. The monoisotopic (exact) mass is 627 g/mol. The van der Waals surface area contributed by atoms with Gasteiger partial charge < -0.3 is 4.74 Å². The first-order chi connectivity index (χ1) is 19.9. The maximum Gasteiger partial charge on any atom is 0.312 e.